The molecule has 4 saturated carbocycles. The lowest BCUT2D eigenvalue weighted by molar-refractivity contribution is -0.152. The zero-order chi connectivity index (χ0) is 14.2. The molecule has 20 heavy (non-hydrogen) atoms. The molecule has 0 amide bonds. The largest absolute Gasteiger partial charge is 0.459 e. The molecule has 0 spiro atoms. The number of carbonyl (C=O) groups is 1. The standard InChI is InChI=1S/C17H24O3/c1-8(2)16(19)20-14-7-10-6-11(14)15-9-4-12(13(18)5-9)17(10,15)3/h9-15,18H,1,4-7H2,2-3H3. The van der Waals surface area contributed by atoms with Gasteiger partial charge in [-0.15, -0.1) is 0 Å². The smallest absolute Gasteiger partial charge is 0.333 e. The number of aliphatic hydroxyl groups is 1. The maximum atomic E-state index is 11.8. The van der Waals surface area contributed by atoms with E-state index in [0.29, 0.717) is 40.6 Å². The van der Waals surface area contributed by atoms with E-state index in [-0.39, 0.29) is 18.2 Å². The summed E-state index contributed by atoms with van der Waals surface area (Å²) in [6.45, 7) is 7.79. The van der Waals surface area contributed by atoms with E-state index in [0.717, 1.165) is 12.8 Å². The molecule has 4 aliphatic carbocycles. The second-order valence-corrected chi connectivity index (χ2v) is 7.85. The number of hydrogen-bond acceptors (Lipinski definition) is 3. The molecule has 0 heterocycles. The van der Waals surface area contributed by atoms with E-state index in [1.807, 2.05) is 0 Å². The highest BCUT2D eigenvalue weighted by Crippen LogP contribution is 2.74. The Bertz CT molecular complexity index is 485. The summed E-state index contributed by atoms with van der Waals surface area (Å²) < 4.78 is 5.69. The molecule has 4 fully saturated rings. The lowest BCUT2D eigenvalue weighted by Crippen LogP contribution is -2.47. The fraction of sp³-hybridized carbons (Fsp3) is 0.824. The molecular weight excluding hydrogens is 252 g/mol. The van der Waals surface area contributed by atoms with Gasteiger partial charge < -0.3 is 9.84 Å². The summed E-state index contributed by atoms with van der Waals surface area (Å²) in [7, 11) is 0. The maximum absolute atomic E-state index is 11.8. The van der Waals surface area contributed by atoms with Crippen molar-refractivity contribution in [1.29, 1.82) is 0 Å². The fourth-order valence-corrected chi connectivity index (χ4v) is 6.45. The second-order valence-electron chi connectivity index (χ2n) is 7.85. The molecule has 1 N–H and O–H groups in total. The van der Waals surface area contributed by atoms with E-state index >= 15 is 0 Å². The number of carbonyl (C=O) groups excluding carboxylic acids is 1. The van der Waals surface area contributed by atoms with E-state index in [1.54, 1.807) is 6.92 Å². The number of esters is 1. The van der Waals surface area contributed by atoms with Crippen LogP contribution in [0.15, 0.2) is 12.2 Å². The van der Waals surface area contributed by atoms with E-state index < -0.39 is 0 Å². The molecule has 3 nitrogen and oxygen atoms in total. The molecule has 110 valence electrons. The number of rotatable bonds is 2. The van der Waals surface area contributed by atoms with Crippen molar-refractivity contribution < 1.29 is 14.6 Å². The van der Waals surface area contributed by atoms with Gasteiger partial charge >= 0.3 is 5.97 Å². The van der Waals surface area contributed by atoms with Gasteiger partial charge in [-0.1, -0.05) is 13.5 Å². The summed E-state index contributed by atoms with van der Waals surface area (Å²) in [6.07, 6.45) is 4.35. The summed E-state index contributed by atoms with van der Waals surface area (Å²) in [5, 5.41) is 10.2. The quantitative estimate of drug-likeness (QED) is 0.479. The van der Waals surface area contributed by atoms with Crippen LogP contribution in [0.1, 0.15) is 39.5 Å². The van der Waals surface area contributed by atoms with Crippen LogP contribution >= 0.6 is 0 Å². The van der Waals surface area contributed by atoms with Crippen molar-refractivity contribution in [2.24, 2.45) is 35.0 Å². The number of ether oxygens (including phenoxy) is 1. The van der Waals surface area contributed by atoms with Gasteiger partial charge in [-0.3, -0.25) is 0 Å². The highest BCUT2D eigenvalue weighted by Gasteiger charge is 2.71. The lowest BCUT2D eigenvalue weighted by atomic mass is 9.59. The van der Waals surface area contributed by atoms with E-state index in [9.17, 15) is 9.90 Å². The Morgan fingerprint density at radius 3 is 2.75 bits per heavy atom. The molecule has 8 unspecified atom stereocenters. The number of aliphatic hydroxyl groups excluding tert-OH is 1. The van der Waals surface area contributed by atoms with Gasteiger partial charge in [0.05, 0.1) is 6.10 Å². The summed E-state index contributed by atoms with van der Waals surface area (Å²) in [5.41, 5.74) is 0.804. The number of fused-ring (bicyclic) bond motifs is 9. The molecule has 0 saturated heterocycles. The fourth-order valence-electron chi connectivity index (χ4n) is 6.45. The third-order valence-electron chi connectivity index (χ3n) is 7.09. The predicted molar refractivity (Wildman–Crippen MR) is 74.7 cm³/mol. The molecule has 4 aliphatic rings. The van der Waals surface area contributed by atoms with Gasteiger partial charge in [-0.25, -0.2) is 4.79 Å². The second kappa shape index (κ2) is 3.88. The van der Waals surface area contributed by atoms with Gasteiger partial charge in [0.1, 0.15) is 6.10 Å². The van der Waals surface area contributed by atoms with Gasteiger partial charge in [-0.2, -0.15) is 0 Å². The van der Waals surface area contributed by atoms with Gasteiger partial charge in [0, 0.05) is 5.57 Å². The zero-order valence-electron chi connectivity index (χ0n) is 12.3. The first-order valence-electron chi connectivity index (χ1n) is 7.97. The summed E-state index contributed by atoms with van der Waals surface area (Å²) in [4.78, 5) is 11.8. The first kappa shape index (κ1) is 12.9. The lowest BCUT2D eigenvalue weighted by Gasteiger charge is -2.48. The molecule has 4 rings (SSSR count). The van der Waals surface area contributed by atoms with E-state index in [2.05, 4.69) is 13.5 Å². The molecule has 0 aromatic heterocycles. The van der Waals surface area contributed by atoms with Crippen LogP contribution in [0.3, 0.4) is 0 Å². The summed E-state index contributed by atoms with van der Waals surface area (Å²) in [6, 6.07) is 0. The average Bonchev–Trinajstić information content (AvgIpc) is 3.05. The Morgan fingerprint density at radius 1 is 1.30 bits per heavy atom. The van der Waals surface area contributed by atoms with Crippen molar-refractivity contribution in [3.63, 3.8) is 0 Å². The minimum Gasteiger partial charge on any atom is -0.459 e. The Balaban J connectivity index is 1.58. The molecule has 0 aromatic carbocycles. The van der Waals surface area contributed by atoms with E-state index in [1.165, 1.54) is 12.8 Å². The minimum absolute atomic E-state index is 0.0861. The Labute approximate surface area is 120 Å². The van der Waals surface area contributed by atoms with Crippen molar-refractivity contribution in [1.82, 2.24) is 0 Å². The van der Waals surface area contributed by atoms with Crippen LogP contribution in [0.4, 0.5) is 0 Å². The van der Waals surface area contributed by atoms with Crippen molar-refractivity contribution in [3.8, 4) is 0 Å². The molecule has 0 aromatic rings. The van der Waals surface area contributed by atoms with Crippen LogP contribution in [-0.4, -0.2) is 23.3 Å². The summed E-state index contributed by atoms with van der Waals surface area (Å²) in [5.74, 6) is 2.73. The molecule has 3 heteroatoms. The van der Waals surface area contributed by atoms with Gasteiger partial charge in [0.25, 0.3) is 0 Å². The molecule has 0 aliphatic heterocycles. The van der Waals surface area contributed by atoms with Crippen molar-refractivity contribution in [3.05, 3.63) is 12.2 Å². The van der Waals surface area contributed by atoms with Gasteiger partial charge in [0.2, 0.25) is 0 Å². The monoisotopic (exact) mass is 276 g/mol. The van der Waals surface area contributed by atoms with Crippen LogP contribution in [-0.2, 0) is 9.53 Å². The van der Waals surface area contributed by atoms with Crippen LogP contribution in [0.25, 0.3) is 0 Å². The third kappa shape index (κ3) is 1.37. The van der Waals surface area contributed by atoms with Crippen molar-refractivity contribution in [2.45, 2.75) is 51.7 Å². The molecule has 0 radical (unpaired) electrons. The molecular formula is C17H24O3. The van der Waals surface area contributed by atoms with Crippen molar-refractivity contribution >= 4 is 5.97 Å². The predicted octanol–water partition coefficient (Wildman–Crippen LogP) is 2.54. The van der Waals surface area contributed by atoms with E-state index in [4.69, 9.17) is 4.74 Å². The number of hydrogen-bond donors (Lipinski definition) is 1. The Hall–Kier alpha value is -0.830. The maximum Gasteiger partial charge on any atom is 0.333 e. The van der Waals surface area contributed by atoms with Gasteiger partial charge in [-0.05, 0) is 67.6 Å². The highest BCUT2D eigenvalue weighted by atomic mass is 16.5. The zero-order valence-corrected chi connectivity index (χ0v) is 12.3. The third-order valence-corrected chi connectivity index (χ3v) is 7.09. The van der Waals surface area contributed by atoms with Crippen LogP contribution < -0.4 is 0 Å². The first-order chi connectivity index (χ1) is 9.42. The first-order valence-corrected chi connectivity index (χ1v) is 7.97. The normalized spacial score (nSPS) is 55.0. The SMILES string of the molecule is C=C(C)C(=O)OC1CC2CC1C1C3CC(O)C(C3)C21C. The molecule has 4 bridgehead atoms. The topological polar surface area (TPSA) is 46.5 Å². The van der Waals surface area contributed by atoms with Crippen LogP contribution in [0.2, 0.25) is 0 Å². The van der Waals surface area contributed by atoms with Crippen LogP contribution in [0.5, 0.6) is 0 Å². The van der Waals surface area contributed by atoms with Crippen LogP contribution in [0, 0.1) is 35.0 Å². The average molecular weight is 276 g/mol. The Kier molecular flexibility index (Phi) is 2.50. The highest BCUT2D eigenvalue weighted by molar-refractivity contribution is 5.87. The Morgan fingerprint density at radius 2 is 2.05 bits per heavy atom. The van der Waals surface area contributed by atoms with Crippen molar-refractivity contribution in [2.75, 3.05) is 0 Å². The van der Waals surface area contributed by atoms with Gasteiger partial charge in [0.15, 0.2) is 0 Å². The minimum atomic E-state index is -0.229. The molecule has 8 atom stereocenters. The summed E-state index contributed by atoms with van der Waals surface area (Å²) >= 11 is 0.